The van der Waals surface area contributed by atoms with Crippen molar-refractivity contribution in [1.29, 1.82) is 0 Å². The van der Waals surface area contributed by atoms with Crippen molar-refractivity contribution in [2.75, 3.05) is 6.61 Å². The monoisotopic (exact) mass is 252 g/mol. The van der Waals surface area contributed by atoms with E-state index in [4.69, 9.17) is 4.74 Å². The van der Waals surface area contributed by atoms with Gasteiger partial charge in [-0.15, -0.1) is 0 Å². The van der Waals surface area contributed by atoms with Crippen LogP contribution in [0.4, 0.5) is 0 Å². The van der Waals surface area contributed by atoms with Crippen LogP contribution in [-0.4, -0.2) is 18.7 Å². The van der Waals surface area contributed by atoms with Gasteiger partial charge in [-0.25, -0.2) is 0 Å². The second-order valence-corrected chi connectivity index (χ2v) is 4.31. The number of rotatable bonds is 11. The van der Waals surface area contributed by atoms with E-state index >= 15 is 0 Å². The zero-order valence-corrected chi connectivity index (χ0v) is 13.7. The number of ether oxygens (including phenoxy) is 1. The van der Waals surface area contributed by atoms with Gasteiger partial charge < -0.3 is 14.6 Å². The van der Waals surface area contributed by atoms with Gasteiger partial charge in [0.05, 0.1) is 12.1 Å². The Morgan fingerprint density at radius 3 is 2.00 bits per heavy atom. The van der Waals surface area contributed by atoms with Gasteiger partial charge >= 0.3 is 29.6 Å². The predicted octanol–water partition coefficient (Wildman–Crippen LogP) is -0.714. The van der Waals surface area contributed by atoms with E-state index in [0.29, 0.717) is 6.61 Å². The van der Waals surface area contributed by atoms with E-state index in [1.165, 1.54) is 45.4 Å². The van der Waals surface area contributed by atoms with Crippen LogP contribution in [-0.2, 0) is 9.53 Å². The number of carboxylic acid groups (broad SMARTS) is 1. The van der Waals surface area contributed by atoms with Crippen molar-refractivity contribution in [2.45, 2.75) is 71.3 Å². The van der Waals surface area contributed by atoms with E-state index in [0.717, 1.165) is 12.8 Å². The Balaban J connectivity index is 0. The summed E-state index contributed by atoms with van der Waals surface area (Å²) < 4.78 is 5.09. The van der Waals surface area contributed by atoms with Gasteiger partial charge in [0, 0.05) is 6.61 Å². The van der Waals surface area contributed by atoms with Gasteiger partial charge in [0.1, 0.15) is 0 Å². The maximum absolute atomic E-state index is 10.3. The molecule has 17 heavy (non-hydrogen) atoms. The summed E-state index contributed by atoms with van der Waals surface area (Å²) in [6.45, 7) is 4.26. The third-order valence-electron chi connectivity index (χ3n) is 2.70. The number of carbonyl (C=O) groups excluding carboxylic acids is 1. The molecule has 1 atom stereocenters. The standard InChI is InChI=1S/C13H26O3.Na/c1-3-4-5-6-7-8-9-10-11-16-12(2)13(14)15;/h12H,3-11H2,1-2H3,(H,14,15);/q;+1/p-1. The van der Waals surface area contributed by atoms with Crippen LogP contribution in [0.3, 0.4) is 0 Å². The maximum atomic E-state index is 10.3. The van der Waals surface area contributed by atoms with Gasteiger partial charge in [0.25, 0.3) is 0 Å². The van der Waals surface area contributed by atoms with Crippen molar-refractivity contribution < 1.29 is 44.2 Å². The largest absolute Gasteiger partial charge is 1.00 e. The molecule has 0 bridgehead atoms. The van der Waals surface area contributed by atoms with Gasteiger partial charge in [-0.2, -0.15) is 0 Å². The minimum atomic E-state index is -1.13. The number of unbranched alkanes of at least 4 members (excludes halogenated alkanes) is 7. The molecule has 3 nitrogen and oxygen atoms in total. The Hall–Kier alpha value is 0.430. The summed E-state index contributed by atoms with van der Waals surface area (Å²) in [7, 11) is 0. The van der Waals surface area contributed by atoms with Crippen molar-refractivity contribution in [3.63, 3.8) is 0 Å². The topological polar surface area (TPSA) is 49.4 Å². The minimum absolute atomic E-state index is 0. The molecule has 1 unspecified atom stereocenters. The van der Waals surface area contributed by atoms with Crippen molar-refractivity contribution in [3.8, 4) is 0 Å². The first-order valence-corrected chi connectivity index (χ1v) is 6.51. The number of aliphatic carboxylic acids is 1. The van der Waals surface area contributed by atoms with Crippen LogP contribution in [0.5, 0.6) is 0 Å². The van der Waals surface area contributed by atoms with Gasteiger partial charge in [0.2, 0.25) is 0 Å². The van der Waals surface area contributed by atoms with Crippen LogP contribution in [0.2, 0.25) is 0 Å². The third-order valence-corrected chi connectivity index (χ3v) is 2.70. The maximum Gasteiger partial charge on any atom is 1.00 e. The molecule has 0 aromatic carbocycles. The molecule has 0 heterocycles. The molecular weight excluding hydrogens is 227 g/mol. The summed E-state index contributed by atoms with van der Waals surface area (Å²) >= 11 is 0. The normalized spacial score (nSPS) is 11.9. The number of hydrogen-bond acceptors (Lipinski definition) is 3. The molecule has 0 amide bonds. The molecule has 0 aromatic rings. The van der Waals surface area contributed by atoms with Crippen LogP contribution in [0.25, 0.3) is 0 Å². The molecule has 0 aliphatic heterocycles. The molecule has 0 saturated heterocycles. The summed E-state index contributed by atoms with van der Waals surface area (Å²) in [4.78, 5) is 10.3. The van der Waals surface area contributed by atoms with E-state index in [-0.39, 0.29) is 29.6 Å². The van der Waals surface area contributed by atoms with Crippen molar-refractivity contribution in [3.05, 3.63) is 0 Å². The van der Waals surface area contributed by atoms with Gasteiger partial charge in [-0.1, -0.05) is 51.9 Å². The number of hydrogen-bond donors (Lipinski definition) is 0. The quantitative estimate of drug-likeness (QED) is 0.360. The van der Waals surface area contributed by atoms with E-state index in [1.54, 1.807) is 0 Å². The molecule has 0 N–H and O–H groups in total. The van der Waals surface area contributed by atoms with Crippen LogP contribution in [0.1, 0.15) is 65.2 Å². The van der Waals surface area contributed by atoms with E-state index in [2.05, 4.69) is 6.92 Å². The fraction of sp³-hybridized carbons (Fsp3) is 0.923. The summed E-state index contributed by atoms with van der Waals surface area (Å²) in [6, 6.07) is 0. The van der Waals surface area contributed by atoms with Gasteiger partial charge in [-0.05, 0) is 13.3 Å². The molecule has 0 radical (unpaired) electrons. The van der Waals surface area contributed by atoms with Crippen molar-refractivity contribution in [2.24, 2.45) is 0 Å². The molecular formula is C13H25NaO3. The number of carboxylic acids is 1. The second-order valence-electron chi connectivity index (χ2n) is 4.31. The fourth-order valence-corrected chi connectivity index (χ4v) is 1.56. The third kappa shape index (κ3) is 14.4. The molecule has 0 spiro atoms. The summed E-state index contributed by atoms with van der Waals surface area (Å²) in [5, 5.41) is 10.3. The Morgan fingerprint density at radius 1 is 1.06 bits per heavy atom. The molecule has 0 aliphatic carbocycles. The first kappa shape index (κ1) is 19.8. The van der Waals surface area contributed by atoms with E-state index < -0.39 is 12.1 Å². The SMILES string of the molecule is CCCCCCCCCCOC(C)C(=O)[O-].[Na+]. The zero-order chi connectivity index (χ0) is 12.2. The smallest absolute Gasteiger partial charge is 0.547 e. The predicted molar refractivity (Wildman–Crippen MR) is 63.0 cm³/mol. The Morgan fingerprint density at radius 2 is 1.53 bits per heavy atom. The van der Waals surface area contributed by atoms with Crippen LogP contribution >= 0.6 is 0 Å². The average molecular weight is 252 g/mol. The molecule has 4 heteroatoms. The molecule has 0 aromatic heterocycles. The summed E-state index contributed by atoms with van der Waals surface area (Å²) in [5.74, 6) is -1.13. The fourth-order valence-electron chi connectivity index (χ4n) is 1.56. The number of carbonyl (C=O) groups is 1. The summed E-state index contributed by atoms with van der Waals surface area (Å²) in [6.07, 6.45) is 9.12. The first-order valence-electron chi connectivity index (χ1n) is 6.51. The van der Waals surface area contributed by atoms with E-state index in [1.807, 2.05) is 0 Å². The molecule has 0 rings (SSSR count). The average Bonchev–Trinajstić information content (AvgIpc) is 2.26. The van der Waals surface area contributed by atoms with Gasteiger partial charge in [0.15, 0.2) is 0 Å². The Bertz CT molecular complexity index is 174. The Kier molecular flexibility index (Phi) is 16.8. The van der Waals surface area contributed by atoms with Crippen LogP contribution in [0.15, 0.2) is 0 Å². The van der Waals surface area contributed by atoms with Gasteiger partial charge in [-0.3, -0.25) is 0 Å². The minimum Gasteiger partial charge on any atom is -0.547 e. The summed E-state index contributed by atoms with van der Waals surface area (Å²) in [5.41, 5.74) is 0. The molecule has 0 saturated carbocycles. The zero-order valence-electron chi connectivity index (χ0n) is 11.7. The molecule has 0 fully saturated rings. The first-order chi connectivity index (χ1) is 7.68. The van der Waals surface area contributed by atoms with E-state index in [9.17, 15) is 9.90 Å². The second kappa shape index (κ2) is 14.5. The molecule has 96 valence electrons. The van der Waals surface area contributed by atoms with Crippen molar-refractivity contribution in [1.82, 2.24) is 0 Å². The van der Waals surface area contributed by atoms with Crippen LogP contribution in [0, 0.1) is 0 Å². The molecule has 0 aliphatic rings. The Labute approximate surface area is 128 Å². The van der Waals surface area contributed by atoms with Crippen molar-refractivity contribution >= 4 is 5.97 Å². The van der Waals surface area contributed by atoms with Crippen LogP contribution < -0.4 is 34.7 Å².